The van der Waals surface area contributed by atoms with Gasteiger partial charge in [-0.05, 0) is 22.0 Å². The van der Waals surface area contributed by atoms with Crippen LogP contribution in [0.3, 0.4) is 0 Å². The molecular formula is C7H3BrF3NO. The van der Waals surface area contributed by atoms with Crippen molar-refractivity contribution in [2.75, 3.05) is 0 Å². The van der Waals surface area contributed by atoms with Gasteiger partial charge in [-0.25, -0.2) is 0 Å². The molecule has 0 unspecified atom stereocenters. The van der Waals surface area contributed by atoms with E-state index in [4.69, 9.17) is 0 Å². The Kier molecular flexibility index (Phi) is 2.70. The number of aromatic nitrogens is 1. The molecule has 0 aliphatic carbocycles. The molecule has 0 saturated carbocycles. The molecule has 0 radical (unpaired) electrons. The summed E-state index contributed by atoms with van der Waals surface area (Å²) in [5, 5.41) is 0. The number of nitrogens with zero attached hydrogens (tertiary/aromatic N) is 1. The van der Waals surface area contributed by atoms with E-state index in [2.05, 4.69) is 20.9 Å². The second-order valence-corrected chi connectivity index (χ2v) is 3.06. The third kappa shape index (κ3) is 2.27. The van der Waals surface area contributed by atoms with E-state index in [-0.39, 0.29) is 10.0 Å². The number of rotatable bonds is 1. The van der Waals surface area contributed by atoms with E-state index in [1.54, 1.807) is 0 Å². The van der Waals surface area contributed by atoms with Crippen LogP contribution < -0.4 is 0 Å². The van der Waals surface area contributed by atoms with Crippen molar-refractivity contribution < 1.29 is 18.0 Å². The van der Waals surface area contributed by atoms with Crippen LogP contribution in [0.2, 0.25) is 0 Å². The molecule has 0 aromatic carbocycles. The van der Waals surface area contributed by atoms with Gasteiger partial charge < -0.3 is 0 Å². The maximum absolute atomic E-state index is 12.0. The summed E-state index contributed by atoms with van der Waals surface area (Å²) >= 11 is 2.90. The standard InChI is InChI=1S/C7H3BrF3NO/c8-5-2-12-6(7(9,10)11)1-4(5)3-13/h1-3H. The molecule has 0 amide bonds. The predicted octanol–water partition coefficient (Wildman–Crippen LogP) is 2.68. The summed E-state index contributed by atoms with van der Waals surface area (Å²) in [6, 6.07) is 0.692. The normalized spacial score (nSPS) is 11.4. The number of halogens is 4. The van der Waals surface area contributed by atoms with Crippen LogP contribution in [0.15, 0.2) is 16.7 Å². The molecule has 13 heavy (non-hydrogen) atoms. The van der Waals surface area contributed by atoms with Crippen LogP contribution in [0.5, 0.6) is 0 Å². The number of aldehydes is 1. The molecule has 1 aromatic rings. The number of hydrogen-bond acceptors (Lipinski definition) is 2. The summed E-state index contributed by atoms with van der Waals surface area (Å²) in [5.41, 5.74) is -1.14. The summed E-state index contributed by atoms with van der Waals surface area (Å²) in [6.07, 6.45) is -3.23. The first-order valence-corrected chi connectivity index (χ1v) is 3.92. The van der Waals surface area contributed by atoms with Gasteiger partial charge in [0.15, 0.2) is 6.29 Å². The minimum absolute atomic E-state index is 0.0673. The highest BCUT2D eigenvalue weighted by molar-refractivity contribution is 9.10. The molecule has 1 rings (SSSR count). The molecule has 0 atom stereocenters. The Labute approximate surface area is 79.9 Å². The average molecular weight is 254 g/mol. The fraction of sp³-hybridized carbons (Fsp3) is 0.143. The Morgan fingerprint density at radius 2 is 2.08 bits per heavy atom. The van der Waals surface area contributed by atoms with E-state index in [9.17, 15) is 18.0 Å². The number of alkyl halides is 3. The smallest absolute Gasteiger partial charge is 0.298 e. The number of carbonyl (C=O) groups excluding carboxylic acids is 1. The van der Waals surface area contributed by atoms with Gasteiger partial charge in [0, 0.05) is 16.2 Å². The molecule has 0 aliphatic rings. The molecule has 0 aliphatic heterocycles. The van der Waals surface area contributed by atoms with Crippen molar-refractivity contribution in [3.05, 3.63) is 28.0 Å². The van der Waals surface area contributed by atoms with Gasteiger partial charge in [-0.15, -0.1) is 0 Å². The lowest BCUT2D eigenvalue weighted by atomic mass is 10.2. The minimum Gasteiger partial charge on any atom is -0.298 e. The lowest BCUT2D eigenvalue weighted by molar-refractivity contribution is -0.141. The molecule has 0 fully saturated rings. The van der Waals surface area contributed by atoms with E-state index in [0.717, 1.165) is 6.20 Å². The monoisotopic (exact) mass is 253 g/mol. The Bertz CT molecular complexity index is 337. The van der Waals surface area contributed by atoms with Crippen LogP contribution in [0, 0.1) is 0 Å². The van der Waals surface area contributed by atoms with Crippen LogP contribution >= 0.6 is 15.9 Å². The highest BCUT2D eigenvalue weighted by Gasteiger charge is 2.32. The Hall–Kier alpha value is -0.910. The zero-order chi connectivity index (χ0) is 10.1. The molecule has 0 saturated heterocycles. The molecule has 1 aromatic heterocycles. The first-order valence-electron chi connectivity index (χ1n) is 3.13. The number of hydrogen-bond donors (Lipinski definition) is 0. The topological polar surface area (TPSA) is 30.0 Å². The summed E-state index contributed by atoms with van der Waals surface area (Å²) < 4.78 is 36.4. The molecule has 6 heteroatoms. The molecule has 1 heterocycles. The van der Waals surface area contributed by atoms with E-state index < -0.39 is 11.9 Å². The second-order valence-electron chi connectivity index (χ2n) is 2.21. The summed E-state index contributed by atoms with van der Waals surface area (Å²) in [7, 11) is 0. The largest absolute Gasteiger partial charge is 0.433 e. The summed E-state index contributed by atoms with van der Waals surface area (Å²) in [6.45, 7) is 0. The van der Waals surface area contributed by atoms with Crippen molar-refractivity contribution in [2.24, 2.45) is 0 Å². The lowest BCUT2D eigenvalue weighted by Gasteiger charge is -2.05. The first kappa shape index (κ1) is 10.2. The van der Waals surface area contributed by atoms with Crippen LogP contribution in [0.25, 0.3) is 0 Å². The third-order valence-electron chi connectivity index (χ3n) is 1.30. The highest BCUT2D eigenvalue weighted by atomic mass is 79.9. The SMILES string of the molecule is O=Cc1cc(C(F)(F)F)ncc1Br. The first-order chi connectivity index (χ1) is 5.95. The minimum atomic E-state index is -4.52. The van der Waals surface area contributed by atoms with Gasteiger partial charge in [0.1, 0.15) is 5.69 Å². The van der Waals surface area contributed by atoms with Gasteiger partial charge in [-0.1, -0.05) is 0 Å². The van der Waals surface area contributed by atoms with Gasteiger partial charge in [-0.3, -0.25) is 9.78 Å². The predicted molar refractivity (Wildman–Crippen MR) is 42.3 cm³/mol. The maximum atomic E-state index is 12.0. The van der Waals surface area contributed by atoms with Crippen molar-refractivity contribution in [3.63, 3.8) is 0 Å². The molecular weight excluding hydrogens is 251 g/mol. The highest BCUT2D eigenvalue weighted by Crippen LogP contribution is 2.29. The second kappa shape index (κ2) is 3.45. The lowest BCUT2D eigenvalue weighted by Crippen LogP contribution is -2.08. The van der Waals surface area contributed by atoms with Gasteiger partial charge in [0.05, 0.1) is 0 Å². The zero-order valence-electron chi connectivity index (χ0n) is 6.10. The summed E-state index contributed by atoms with van der Waals surface area (Å²) in [5.74, 6) is 0. The van der Waals surface area contributed by atoms with Crippen molar-refractivity contribution in [2.45, 2.75) is 6.18 Å². The zero-order valence-corrected chi connectivity index (χ0v) is 7.69. The van der Waals surface area contributed by atoms with E-state index in [1.165, 1.54) is 0 Å². The van der Waals surface area contributed by atoms with Gasteiger partial charge >= 0.3 is 6.18 Å². The molecule has 0 spiro atoms. The van der Waals surface area contributed by atoms with E-state index in [0.29, 0.717) is 12.4 Å². The summed E-state index contributed by atoms with van der Waals surface area (Å²) in [4.78, 5) is 13.4. The Morgan fingerprint density at radius 1 is 1.46 bits per heavy atom. The van der Waals surface area contributed by atoms with Gasteiger partial charge in [-0.2, -0.15) is 13.2 Å². The van der Waals surface area contributed by atoms with E-state index >= 15 is 0 Å². The van der Waals surface area contributed by atoms with Crippen LogP contribution in [0.4, 0.5) is 13.2 Å². The van der Waals surface area contributed by atoms with Crippen molar-refractivity contribution in [3.8, 4) is 0 Å². The molecule has 70 valence electrons. The number of pyridine rings is 1. The molecule has 0 N–H and O–H groups in total. The van der Waals surface area contributed by atoms with Gasteiger partial charge in [0.25, 0.3) is 0 Å². The Morgan fingerprint density at radius 3 is 2.54 bits per heavy atom. The van der Waals surface area contributed by atoms with Crippen LogP contribution in [-0.4, -0.2) is 11.3 Å². The van der Waals surface area contributed by atoms with Crippen LogP contribution in [0.1, 0.15) is 16.1 Å². The fourth-order valence-electron chi connectivity index (χ4n) is 0.700. The van der Waals surface area contributed by atoms with Gasteiger partial charge in [0.2, 0.25) is 0 Å². The quantitative estimate of drug-likeness (QED) is 0.721. The molecule has 0 bridgehead atoms. The third-order valence-corrected chi connectivity index (χ3v) is 1.96. The fourth-order valence-corrected chi connectivity index (χ4v) is 1.01. The van der Waals surface area contributed by atoms with Crippen molar-refractivity contribution in [1.82, 2.24) is 4.98 Å². The maximum Gasteiger partial charge on any atom is 0.433 e. The Balaban J connectivity index is 3.21. The number of carbonyl (C=O) groups is 1. The van der Waals surface area contributed by atoms with Crippen molar-refractivity contribution in [1.29, 1.82) is 0 Å². The molecule has 2 nitrogen and oxygen atoms in total. The average Bonchev–Trinajstić information content (AvgIpc) is 2.03. The van der Waals surface area contributed by atoms with Crippen molar-refractivity contribution >= 4 is 22.2 Å². The van der Waals surface area contributed by atoms with Crippen LogP contribution in [-0.2, 0) is 6.18 Å². The van der Waals surface area contributed by atoms with E-state index in [1.807, 2.05) is 0 Å².